The Labute approximate surface area is 195 Å². The number of carbonyl (C=O) groups excluding carboxylic acids is 2. The van der Waals surface area contributed by atoms with Gasteiger partial charge >= 0.3 is 0 Å². The lowest BCUT2D eigenvalue weighted by molar-refractivity contribution is -0.131. The summed E-state index contributed by atoms with van der Waals surface area (Å²) < 4.78 is 1.84. The van der Waals surface area contributed by atoms with Gasteiger partial charge in [-0.2, -0.15) is 5.10 Å². The fourth-order valence-electron chi connectivity index (χ4n) is 4.44. The Bertz CT molecular complexity index is 1140. The lowest BCUT2D eigenvalue weighted by Gasteiger charge is -2.20. The van der Waals surface area contributed by atoms with E-state index in [0.29, 0.717) is 24.2 Å². The summed E-state index contributed by atoms with van der Waals surface area (Å²) in [6.07, 6.45) is 6.53. The van der Waals surface area contributed by atoms with Gasteiger partial charge in [0.25, 0.3) is 5.91 Å². The molecule has 0 unspecified atom stereocenters. The number of aryl methyl sites for hydroxylation is 1. The van der Waals surface area contributed by atoms with Crippen molar-refractivity contribution in [2.45, 2.75) is 58.9 Å². The molecule has 1 saturated heterocycles. The minimum absolute atomic E-state index is 0.115. The second-order valence-electron chi connectivity index (χ2n) is 9.09. The van der Waals surface area contributed by atoms with Crippen LogP contribution in [0.1, 0.15) is 67.9 Å². The van der Waals surface area contributed by atoms with Gasteiger partial charge in [-0.05, 0) is 45.2 Å². The van der Waals surface area contributed by atoms with Gasteiger partial charge < -0.3 is 10.2 Å². The number of carbonyl (C=O) groups is 2. The van der Waals surface area contributed by atoms with Crippen molar-refractivity contribution >= 4 is 22.8 Å². The van der Waals surface area contributed by atoms with Crippen LogP contribution in [-0.4, -0.2) is 51.1 Å². The van der Waals surface area contributed by atoms with Crippen LogP contribution in [0.15, 0.2) is 36.5 Å². The molecule has 2 amide bonds. The zero-order valence-corrected chi connectivity index (χ0v) is 19.8. The van der Waals surface area contributed by atoms with Crippen LogP contribution in [0.2, 0.25) is 0 Å². The Morgan fingerprint density at radius 3 is 2.52 bits per heavy atom. The zero-order chi connectivity index (χ0) is 23.4. The van der Waals surface area contributed by atoms with E-state index in [2.05, 4.69) is 10.4 Å². The minimum Gasteiger partial charge on any atom is -0.351 e. The van der Waals surface area contributed by atoms with E-state index >= 15 is 0 Å². The number of amides is 2. The first-order valence-corrected chi connectivity index (χ1v) is 12.0. The summed E-state index contributed by atoms with van der Waals surface area (Å²) in [5, 5.41) is 8.16. The molecule has 4 rings (SSSR count). The number of hydrogen-bond donors (Lipinski definition) is 1. The number of aromatic nitrogens is 3. The van der Waals surface area contributed by atoms with Crippen LogP contribution >= 0.6 is 0 Å². The van der Waals surface area contributed by atoms with E-state index in [-0.39, 0.29) is 17.9 Å². The van der Waals surface area contributed by atoms with Crippen LogP contribution in [0.5, 0.6) is 0 Å². The van der Waals surface area contributed by atoms with Crippen molar-refractivity contribution in [1.29, 1.82) is 0 Å². The first kappa shape index (κ1) is 23.0. The monoisotopic (exact) mass is 447 g/mol. The molecule has 3 aromatic rings. The highest BCUT2D eigenvalue weighted by Gasteiger charge is 2.20. The zero-order valence-electron chi connectivity index (χ0n) is 19.8. The molecule has 1 fully saturated rings. The predicted octanol–water partition coefficient (Wildman–Crippen LogP) is 4.51. The lowest BCUT2D eigenvalue weighted by Crippen LogP contribution is -2.35. The van der Waals surface area contributed by atoms with Crippen molar-refractivity contribution in [2.24, 2.45) is 0 Å². The summed E-state index contributed by atoms with van der Waals surface area (Å²) in [5.41, 5.74) is 4.05. The molecule has 0 saturated carbocycles. The molecule has 0 bridgehead atoms. The highest BCUT2D eigenvalue weighted by atomic mass is 16.2. The average molecular weight is 448 g/mol. The standard InChI is InChI=1S/C26H33N5O2/c1-18(2)31-25-22(17-28-31)21(16-23(29-25)20-11-7-6-10-19(20)3)26(33)27-13-12-24(32)30-14-8-4-5-9-15-30/h6-7,10-11,16-18H,4-5,8-9,12-15H2,1-3H3,(H,27,33). The largest absolute Gasteiger partial charge is 0.351 e. The van der Waals surface area contributed by atoms with Crippen molar-refractivity contribution in [3.8, 4) is 11.3 Å². The van der Waals surface area contributed by atoms with Gasteiger partial charge in [0.15, 0.2) is 5.65 Å². The number of likely N-dealkylation sites (tertiary alicyclic amines) is 1. The van der Waals surface area contributed by atoms with Crippen LogP contribution < -0.4 is 5.32 Å². The summed E-state index contributed by atoms with van der Waals surface area (Å²) >= 11 is 0. The maximum Gasteiger partial charge on any atom is 0.252 e. The van der Waals surface area contributed by atoms with Crippen LogP contribution in [-0.2, 0) is 4.79 Å². The summed E-state index contributed by atoms with van der Waals surface area (Å²) in [7, 11) is 0. The van der Waals surface area contributed by atoms with Gasteiger partial charge in [0.2, 0.25) is 5.91 Å². The average Bonchev–Trinajstić information content (AvgIpc) is 3.04. The number of nitrogens with zero attached hydrogens (tertiary/aromatic N) is 4. The Hall–Kier alpha value is -3.22. The molecule has 0 radical (unpaired) electrons. The van der Waals surface area contributed by atoms with Gasteiger partial charge in [-0.3, -0.25) is 9.59 Å². The quantitative estimate of drug-likeness (QED) is 0.603. The van der Waals surface area contributed by atoms with Gasteiger partial charge in [0.05, 0.1) is 22.8 Å². The number of hydrogen-bond acceptors (Lipinski definition) is 4. The molecule has 3 heterocycles. The summed E-state index contributed by atoms with van der Waals surface area (Å²) in [4.78, 5) is 32.6. The Kier molecular flexibility index (Phi) is 7.06. The Morgan fingerprint density at radius 2 is 1.82 bits per heavy atom. The van der Waals surface area contributed by atoms with E-state index < -0.39 is 0 Å². The van der Waals surface area contributed by atoms with E-state index in [4.69, 9.17) is 4.98 Å². The van der Waals surface area contributed by atoms with Gasteiger partial charge in [0.1, 0.15) is 0 Å². The van der Waals surface area contributed by atoms with Gasteiger partial charge in [-0.25, -0.2) is 9.67 Å². The topological polar surface area (TPSA) is 80.1 Å². The second-order valence-corrected chi connectivity index (χ2v) is 9.09. The van der Waals surface area contributed by atoms with Crippen LogP contribution in [0.3, 0.4) is 0 Å². The molecule has 0 spiro atoms. The third kappa shape index (κ3) is 5.07. The number of fused-ring (bicyclic) bond motifs is 1. The number of nitrogens with one attached hydrogen (secondary N) is 1. The molecule has 174 valence electrons. The van der Waals surface area contributed by atoms with Crippen molar-refractivity contribution in [2.75, 3.05) is 19.6 Å². The van der Waals surface area contributed by atoms with E-state index in [0.717, 1.165) is 48.1 Å². The number of benzene rings is 1. The van der Waals surface area contributed by atoms with Gasteiger partial charge in [0, 0.05) is 37.7 Å². The SMILES string of the molecule is Cc1ccccc1-c1cc(C(=O)NCCC(=O)N2CCCCCC2)c2cnn(C(C)C)c2n1. The fraction of sp³-hybridized carbons (Fsp3) is 0.462. The van der Waals surface area contributed by atoms with Crippen molar-refractivity contribution in [1.82, 2.24) is 25.0 Å². The van der Waals surface area contributed by atoms with Crippen LogP contribution in [0.4, 0.5) is 0 Å². The molecular formula is C26H33N5O2. The summed E-state index contributed by atoms with van der Waals surface area (Å²) in [6.45, 7) is 8.09. The molecule has 1 aromatic carbocycles. The van der Waals surface area contributed by atoms with Crippen LogP contribution in [0.25, 0.3) is 22.3 Å². The van der Waals surface area contributed by atoms with Gasteiger partial charge in [-0.15, -0.1) is 0 Å². The maximum atomic E-state index is 13.2. The van der Waals surface area contributed by atoms with Crippen LogP contribution in [0, 0.1) is 6.92 Å². The lowest BCUT2D eigenvalue weighted by atomic mass is 10.0. The molecule has 1 N–H and O–H groups in total. The molecule has 1 aliphatic rings. The van der Waals surface area contributed by atoms with Crippen molar-refractivity contribution in [3.05, 3.63) is 47.7 Å². The normalized spacial score (nSPS) is 14.5. The van der Waals surface area contributed by atoms with Crippen molar-refractivity contribution in [3.63, 3.8) is 0 Å². The minimum atomic E-state index is -0.204. The van der Waals surface area contributed by atoms with E-state index in [1.54, 1.807) is 6.20 Å². The first-order chi connectivity index (χ1) is 16.0. The number of rotatable bonds is 6. The molecule has 7 nitrogen and oxygen atoms in total. The second kappa shape index (κ2) is 10.1. The van der Waals surface area contributed by atoms with Gasteiger partial charge in [-0.1, -0.05) is 37.1 Å². The molecule has 0 atom stereocenters. The molecule has 1 aliphatic heterocycles. The Balaban J connectivity index is 1.57. The fourth-order valence-corrected chi connectivity index (χ4v) is 4.44. The molecule has 0 aliphatic carbocycles. The molecular weight excluding hydrogens is 414 g/mol. The molecule has 33 heavy (non-hydrogen) atoms. The van der Waals surface area contributed by atoms with E-state index in [1.165, 1.54) is 12.8 Å². The highest BCUT2D eigenvalue weighted by Crippen LogP contribution is 2.28. The van der Waals surface area contributed by atoms with E-state index in [9.17, 15) is 9.59 Å². The van der Waals surface area contributed by atoms with E-state index in [1.807, 2.05) is 60.7 Å². The predicted molar refractivity (Wildman–Crippen MR) is 130 cm³/mol. The Morgan fingerprint density at radius 1 is 1.09 bits per heavy atom. The number of pyridine rings is 1. The smallest absolute Gasteiger partial charge is 0.252 e. The first-order valence-electron chi connectivity index (χ1n) is 12.0. The summed E-state index contributed by atoms with van der Waals surface area (Å²) in [6, 6.07) is 9.97. The van der Waals surface area contributed by atoms with Crippen molar-refractivity contribution < 1.29 is 9.59 Å². The maximum absolute atomic E-state index is 13.2. The molecule has 2 aromatic heterocycles. The third-order valence-electron chi connectivity index (χ3n) is 6.30. The summed E-state index contributed by atoms with van der Waals surface area (Å²) in [5.74, 6) is -0.0884. The molecule has 7 heteroatoms. The third-order valence-corrected chi connectivity index (χ3v) is 6.30. The highest BCUT2D eigenvalue weighted by molar-refractivity contribution is 6.06.